The first-order valence-electron chi connectivity index (χ1n) is 6.72. The van der Waals surface area contributed by atoms with Crippen molar-refractivity contribution in [3.8, 4) is 0 Å². The van der Waals surface area contributed by atoms with Crippen molar-refractivity contribution in [2.24, 2.45) is 5.41 Å². The number of rotatable bonds is 5. The molecule has 0 atom stereocenters. The van der Waals surface area contributed by atoms with E-state index in [2.05, 4.69) is 11.8 Å². The van der Waals surface area contributed by atoms with Gasteiger partial charge in [-0.25, -0.2) is 0 Å². The smallest absolute Gasteiger partial charge is 0.139 e. The van der Waals surface area contributed by atoms with E-state index >= 15 is 0 Å². The second-order valence-corrected chi connectivity index (χ2v) is 5.99. The van der Waals surface area contributed by atoms with Crippen molar-refractivity contribution in [2.75, 3.05) is 13.1 Å². The quantitative estimate of drug-likeness (QED) is 0.716. The molecule has 1 saturated carbocycles. The molecule has 0 spiro atoms. The summed E-state index contributed by atoms with van der Waals surface area (Å²) in [5.74, 6) is 0.393. The minimum absolute atomic E-state index is 0.172. The molecular weight excluding hydrogens is 198 g/mol. The summed E-state index contributed by atoms with van der Waals surface area (Å²) in [5.41, 5.74) is -0.172. The van der Waals surface area contributed by atoms with Crippen molar-refractivity contribution in [3.05, 3.63) is 0 Å². The van der Waals surface area contributed by atoms with Crippen molar-refractivity contribution in [3.63, 3.8) is 0 Å². The van der Waals surface area contributed by atoms with Gasteiger partial charge in [-0.3, -0.25) is 4.79 Å². The zero-order valence-electron chi connectivity index (χ0n) is 11.4. The highest BCUT2D eigenvalue weighted by Gasteiger charge is 2.24. The van der Waals surface area contributed by atoms with E-state index in [-0.39, 0.29) is 5.41 Å². The van der Waals surface area contributed by atoms with Crippen LogP contribution in [0.15, 0.2) is 0 Å². The molecular formula is C14H27NO. The standard InChI is InChI=1S/C14H27NO/c1-5-15(12-8-6-7-9-12)11-10-13(16)14(2,3)4/h12H,5-11H2,1-4H3. The monoisotopic (exact) mass is 225 g/mol. The van der Waals surface area contributed by atoms with E-state index in [0.29, 0.717) is 12.2 Å². The highest BCUT2D eigenvalue weighted by Crippen LogP contribution is 2.24. The lowest BCUT2D eigenvalue weighted by Crippen LogP contribution is -2.36. The number of carbonyl (C=O) groups excluding carboxylic acids is 1. The van der Waals surface area contributed by atoms with E-state index in [0.717, 1.165) is 19.1 Å². The topological polar surface area (TPSA) is 20.3 Å². The largest absolute Gasteiger partial charge is 0.300 e. The van der Waals surface area contributed by atoms with Crippen LogP contribution in [0.2, 0.25) is 0 Å². The number of ketones is 1. The lowest BCUT2D eigenvalue weighted by atomic mass is 9.89. The highest BCUT2D eigenvalue weighted by molar-refractivity contribution is 5.83. The number of hydrogen-bond donors (Lipinski definition) is 0. The van der Waals surface area contributed by atoms with E-state index < -0.39 is 0 Å². The van der Waals surface area contributed by atoms with Crippen molar-refractivity contribution in [1.29, 1.82) is 0 Å². The first-order valence-corrected chi connectivity index (χ1v) is 6.72. The fourth-order valence-electron chi connectivity index (χ4n) is 2.49. The summed E-state index contributed by atoms with van der Waals surface area (Å²) in [6.45, 7) is 10.3. The third-order valence-electron chi connectivity index (χ3n) is 3.71. The van der Waals surface area contributed by atoms with Crippen LogP contribution >= 0.6 is 0 Å². The number of Topliss-reactive ketones (excluding diaryl/α,β-unsaturated/α-hetero) is 1. The predicted octanol–water partition coefficient (Wildman–Crippen LogP) is 3.26. The minimum atomic E-state index is -0.172. The highest BCUT2D eigenvalue weighted by atomic mass is 16.1. The van der Waals surface area contributed by atoms with Gasteiger partial charge >= 0.3 is 0 Å². The molecule has 0 radical (unpaired) electrons. The number of carbonyl (C=O) groups is 1. The predicted molar refractivity (Wildman–Crippen MR) is 68.6 cm³/mol. The summed E-state index contributed by atoms with van der Waals surface area (Å²) in [5, 5.41) is 0. The second-order valence-electron chi connectivity index (χ2n) is 5.99. The Morgan fingerprint density at radius 1 is 1.25 bits per heavy atom. The van der Waals surface area contributed by atoms with Crippen molar-refractivity contribution >= 4 is 5.78 Å². The van der Waals surface area contributed by atoms with E-state index in [4.69, 9.17) is 0 Å². The molecule has 0 bridgehead atoms. The first-order chi connectivity index (χ1) is 7.45. The number of nitrogens with zero attached hydrogens (tertiary/aromatic N) is 1. The average molecular weight is 225 g/mol. The molecule has 1 aliphatic carbocycles. The van der Waals surface area contributed by atoms with Gasteiger partial charge in [-0.1, -0.05) is 40.5 Å². The maximum absolute atomic E-state index is 11.9. The van der Waals surface area contributed by atoms with Crippen molar-refractivity contribution < 1.29 is 4.79 Å². The lowest BCUT2D eigenvalue weighted by molar-refractivity contribution is -0.126. The molecule has 0 aromatic carbocycles. The molecule has 16 heavy (non-hydrogen) atoms. The summed E-state index contributed by atoms with van der Waals surface area (Å²) >= 11 is 0. The number of hydrogen-bond acceptors (Lipinski definition) is 2. The Morgan fingerprint density at radius 3 is 2.25 bits per heavy atom. The zero-order chi connectivity index (χ0) is 12.2. The van der Waals surface area contributed by atoms with Gasteiger partial charge in [-0.15, -0.1) is 0 Å². The maximum atomic E-state index is 11.9. The van der Waals surface area contributed by atoms with E-state index in [9.17, 15) is 4.79 Å². The fraction of sp³-hybridized carbons (Fsp3) is 0.929. The van der Waals surface area contributed by atoms with Gasteiger partial charge in [-0.2, -0.15) is 0 Å². The Morgan fingerprint density at radius 2 is 1.81 bits per heavy atom. The third-order valence-corrected chi connectivity index (χ3v) is 3.71. The molecule has 1 fully saturated rings. The molecule has 2 nitrogen and oxygen atoms in total. The first kappa shape index (κ1) is 13.7. The van der Waals surface area contributed by atoms with Gasteiger partial charge in [0.05, 0.1) is 0 Å². The molecule has 0 amide bonds. The molecule has 1 rings (SSSR count). The Balaban J connectivity index is 2.36. The van der Waals surface area contributed by atoms with Crippen LogP contribution in [-0.4, -0.2) is 29.8 Å². The van der Waals surface area contributed by atoms with Gasteiger partial charge in [0.25, 0.3) is 0 Å². The van der Waals surface area contributed by atoms with Gasteiger partial charge in [0.15, 0.2) is 0 Å². The second kappa shape index (κ2) is 5.81. The van der Waals surface area contributed by atoms with Gasteiger partial charge in [-0.05, 0) is 19.4 Å². The normalized spacial score (nSPS) is 18.3. The summed E-state index contributed by atoms with van der Waals surface area (Å²) in [6.07, 6.45) is 6.12. The van der Waals surface area contributed by atoms with Gasteiger partial charge in [0, 0.05) is 24.4 Å². The third kappa shape index (κ3) is 3.89. The van der Waals surface area contributed by atoms with Crippen molar-refractivity contribution in [2.45, 2.75) is 65.8 Å². The van der Waals surface area contributed by atoms with E-state index in [1.54, 1.807) is 0 Å². The van der Waals surface area contributed by atoms with Crippen LogP contribution in [-0.2, 0) is 4.79 Å². The molecule has 0 heterocycles. The van der Waals surface area contributed by atoms with Crippen LogP contribution in [0.4, 0.5) is 0 Å². The van der Waals surface area contributed by atoms with Gasteiger partial charge in [0.1, 0.15) is 5.78 Å². The lowest BCUT2D eigenvalue weighted by Gasteiger charge is -2.28. The van der Waals surface area contributed by atoms with Crippen LogP contribution in [0, 0.1) is 5.41 Å². The molecule has 0 N–H and O–H groups in total. The molecule has 0 aromatic rings. The van der Waals surface area contributed by atoms with Gasteiger partial charge in [0.2, 0.25) is 0 Å². The van der Waals surface area contributed by atoms with Crippen LogP contribution in [0.25, 0.3) is 0 Å². The molecule has 0 aromatic heterocycles. The summed E-state index contributed by atoms with van der Waals surface area (Å²) < 4.78 is 0. The summed E-state index contributed by atoms with van der Waals surface area (Å²) in [7, 11) is 0. The molecule has 2 heteroatoms. The van der Waals surface area contributed by atoms with Crippen molar-refractivity contribution in [1.82, 2.24) is 4.90 Å². The minimum Gasteiger partial charge on any atom is -0.300 e. The zero-order valence-corrected chi connectivity index (χ0v) is 11.4. The van der Waals surface area contributed by atoms with E-state index in [1.807, 2.05) is 20.8 Å². The van der Waals surface area contributed by atoms with Crippen LogP contribution in [0.5, 0.6) is 0 Å². The van der Waals surface area contributed by atoms with Crippen LogP contribution < -0.4 is 0 Å². The fourth-order valence-corrected chi connectivity index (χ4v) is 2.49. The molecule has 0 saturated heterocycles. The Bertz CT molecular complexity index is 223. The molecule has 1 aliphatic rings. The van der Waals surface area contributed by atoms with Gasteiger partial charge < -0.3 is 4.90 Å². The Hall–Kier alpha value is -0.370. The average Bonchev–Trinajstić information content (AvgIpc) is 2.70. The summed E-state index contributed by atoms with van der Waals surface area (Å²) in [4.78, 5) is 14.4. The maximum Gasteiger partial charge on any atom is 0.139 e. The SMILES string of the molecule is CCN(CCC(=O)C(C)(C)C)C1CCCC1. The van der Waals surface area contributed by atoms with Crippen LogP contribution in [0.1, 0.15) is 59.8 Å². The van der Waals surface area contributed by atoms with E-state index in [1.165, 1.54) is 25.7 Å². The molecule has 94 valence electrons. The molecule has 0 aliphatic heterocycles. The Kier molecular flexibility index (Phi) is 4.97. The summed E-state index contributed by atoms with van der Waals surface area (Å²) in [6, 6.07) is 0.748. The Labute approximate surface area is 100 Å². The van der Waals surface area contributed by atoms with Crippen LogP contribution in [0.3, 0.4) is 0 Å². The molecule has 0 unspecified atom stereocenters.